The van der Waals surface area contributed by atoms with E-state index in [-0.39, 0.29) is 0 Å². The normalized spacial score (nSPS) is 25.8. The molecule has 0 aliphatic heterocycles. The fourth-order valence-corrected chi connectivity index (χ4v) is 2.83. The van der Waals surface area contributed by atoms with Gasteiger partial charge in [-0.1, -0.05) is 26.2 Å². The molecule has 2 atom stereocenters. The molecule has 2 rings (SSSR count). The Kier molecular flexibility index (Phi) is 4.46. The number of hydrogen-bond donors (Lipinski definition) is 2. The highest BCUT2D eigenvalue weighted by atomic mass is 14.9. The first-order chi connectivity index (χ1) is 7.84. The van der Waals surface area contributed by atoms with Crippen LogP contribution in [0.3, 0.4) is 0 Å². The van der Waals surface area contributed by atoms with E-state index < -0.39 is 0 Å². The Hall–Kier alpha value is -0.760. The quantitative estimate of drug-likeness (QED) is 0.732. The molecule has 16 heavy (non-hydrogen) atoms. The fourth-order valence-electron chi connectivity index (χ4n) is 2.83. The highest BCUT2D eigenvalue weighted by molar-refractivity contribution is 5.02. The predicted octanol–water partition coefficient (Wildman–Crippen LogP) is 3.32. The summed E-state index contributed by atoms with van der Waals surface area (Å²) in [5, 5.41) is 3.52. The second-order valence-corrected chi connectivity index (χ2v) is 5.30. The minimum absolute atomic E-state index is 0.960. The van der Waals surface area contributed by atoms with Gasteiger partial charge in [0.25, 0.3) is 0 Å². The average Bonchev–Trinajstić information content (AvgIpc) is 2.77. The summed E-state index contributed by atoms with van der Waals surface area (Å²) in [7, 11) is 0. The third-order valence-electron chi connectivity index (χ3n) is 3.75. The zero-order valence-corrected chi connectivity index (χ0v) is 10.3. The van der Waals surface area contributed by atoms with Crippen molar-refractivity contribution in [3.8, 4) is 0 Å². The maximum Gasteiger partial charge on any atom is 0.0357 e. The standard InChI is InChI=1S/C14H24N2/c1-12-4-2-5-13(10-12)7-9-15-11-14-6-3-8-16-14/h3,6,8,12-13,15-16H,2,4-5,7,9-11H2,1H3. The van der Waals surface area contributed by atoms with Crippen LogP contribution < -0.4 is 5.32 Å². The van der Waals surface area contributed by atoms with E-state index in [1.807, 2.05) is 6.20 Å². The summed E-state index contributed by atoms with van der Waals surface area (Å²) in [5.74, 6) is 1.93. The van der Waals surface area contributed by atoms with Crippen molar-refractivity contribution < 1.29 is 0 Å². The molecule has 1 aliphatic rings. The van der Waals surface area contributed by atoms with Crippen LogP contribution in [0.5, 0.6) is 0 Å². The summed E-state index contributed by atoms with van der Waals surface area (Å²) < 4.78 is 0. The van der Waals surface area contributed by atoms with Crippen LogP contribution in [-0.2, 0) is 6.54 Å². The average molecular weight is 220 g/mol. The molecule has 2 unspecified atom stereocenters. The minimum atomic E-state index is 0.960. The molecule has 0 bridgehead atoms. The van der Waals surface area contributed by atoms with E-state index in [1.54, 1.807) is 0 Å². The number of aromatic amines is 1. The van der Waals surface area contributed by atoms with Crippen molar-refractivity contribution in [2.24, 2.45) is 11.8 Å². The number of rotatable bonds is 5. The molecule has 0 spiro atoms. The van der Waals surface area contributed by atoms with Gasteiger partial charge >= 0.3 is 0 Å². The Labute approximate surface area is 98.8 Å². The smallest absolute Gasteiger partial charge is 0.0357 e. The fraction of sp³-hybridized carbons (Fsp3) is 0.714. The monoisotopic (exact) mass is 220 g/mol. The SMILES string of the molecule is CC1CCCC(CCNCc2ccc[nH]2)C1. The first-order valence-electron chi connectivity index (χ1n) is 6.67. The van der Waals surface area contributed by atoms with Gasteiger partial charge in [0.15, 0.2) is 0 Å². The van der Waals surface area contributed by atoms with Crippen LogP contribution in [0.25, 0.3) is 0 Å². The number of aromatic nitrogens is 1. The third-order valence-corrected chi connectivity index (χ3v) is 3.75. The Balaban J connectivity index is 1.57. The van der Waals surface area contributed by atoms with Gasteiger partial charge in [-0.25, -0.2) is 0 Å². The summed E-state index contributed by atoms with van der Waals surface area (Å²) in [5.41, 5.74) is 1.29. The first-order valence-corrected chi connectivity index (χ1v) is 6.67. The summed E-state index contributed by atoms with van der Waals surface area (Å²) in [6, 6.07) is 4.19. The maximum atomic E-state index is 3.52. The molecule has 1 aliphatic carbocycles. The first kappa shape index (κ1) is 11.7. The van der Waals surface area contributed by atoms with Crippen LogP contribution in [0, 0.1) is 11.8 Å². The van der Waals surface area contributed by atoms with Gasteiger partial charge in [-0.3, -0.25) is 0 Å². The molecule has 0 aromatic carbocycles. The van der Waals surface area contributed by atoms with Crippen molar-refractivity contribution in [2.75, 3.05) is 6.54 Å². The van der Waals surface area contributed by atoms with E-state index in [9.17, 15) is 0 Å². The van der Waals surface area contributed by atoms with Gasteiger partial charge in [-0.15, -0.1) is 0 Å². The van der Waals surface area contributed by atoms with Crippen molar-refractivity contribution in [2.45, 2.75) is 45.6 Å². The van der Waals surface area contributed by atoms with Crippen LogP contribution in [-0.4, -0.2) is 11.5 Å². The highest BCUT2D eigenvalue weighted by Crippen LogP contribution is 2.30. The molecule has 0 saturated heterocycles. The van der Waals surface area contributed by atoms with Crippen molar-refractivity contribution in [3.63, 3.8) is 0 Å². The second kappa shape index (κ2) is 6.09. The molecule has 0 amide bonds. The Morgan fingerprint density at radius 3 is 3.12 bits per heavy atom. The van der Waals surface area contributed by atoms with Crippen LogP contribution in [0.1, 0.15) is 44.7 Å². The molecule has 2 N–H and O–H groups in total. The highest BCUT2D eigenvalue weighted by Gasteiger charge is 2.17. The third kappa shape index (κ3) is 3.67. The molecule has 1 heterocycles. The minimum Gasteiger partial charge on any atom is -0.364 e. The second-order valence-electron chi connectivity index (χ2n) is 5.30. The van der Waals surface area contributed by atoms with Gasteiger partial charge in [0, 0.05) is 18.4 Å². The van der Waals surface area contributed by atoms with Gasteiger partial charge in [0.2, 0.25) is 0 Å². The number of H-pyrrole nitrogens is 1. The van der Waals surface area contributed by atoms with E-state index in [0.29, 0.717) is 0 Å². The Morgan fingerprint density at radius 2 is 2.38 bits per heavy atom. The molecule has 1 fully saturated rings. The summed E-state index contributed by atoms with van der Waals surface area (Å²) in [6.45, 7) is 4.55. The lowest BCUT2D eigenvalue weighted by atomic mass is 9.81. The lowest BCUT2D eigenvalue weighted by Gasteiger charge is -2.26. The van der Waals surface area contributed by atoms with Crippen LogP contribution in [0.4, 0.5) is 0 Å². The molecular formula is C14H24N2. The summed E-state index contributed by atoms with van der Waals surface area (Å²) in [6.07, 6.45) is 9.14. The molecular weight excluding hydrogens is 196 g/mol. The van der Waals surface area contributed by atoms with E-state index in [0.717, 1.165) is 24.9 Å². The maximum absolute atomic E-state index is 3.52. The van der Waals surface area contributed by atoms with Crippen LogP contribution in [0.2, 0.25) is 0 Å². The van der Waals surface area contributed by atoms with Crippen LogP contribution >= 0.6 is 0 Å². The van der Waals surface area contributed by atoms with Crippen LogP contribution in [0.15, 0.2) is 18.3 Å². The van der Waals surface area contributed by atoms with Crippen molar-refractivity contribution in [3.05, 3.63) is 24.0 Å². The molecule has 90 valence electrons. The topological polar surface area (TPSA) is 27.8 Å². The van der Waals surface area contributed by atoms with Crippen molar-refractivity contribution in [1.82, 2.24) is 10.3 Å². The molecule has 2 nitrogen and oxygen atoms in total. The number of nitrogens with one attached hydrogen (secondary N) is 2. The Morgan fingerprint density at radius 1 is 1.44 bits per heavy atom. The summed E-state index contributed by atoms with van der Waals surface area (Å²) >= 11 is 0. The lowest BCUT2D eigenvalue weighted by Crippen LogP contribution is -2.21. The van der Waals surface area contributed by atoms with Crippen molar-refractivity contribution >= 4 is 0 Å². The van der Waals surface area contributed by atoms with E-state index in [2.05, 4.69) is 29.4 Å². The lowest BCUT2D eigenvalue weighted by molar-refractivity contribution is 0.267. The van der Waals surface area contributed by atoms with Crippen molar-refractivity contribution in [1.29, 1.82) is 0 Å². The van der Waals surface area contributed by atoms with Gasteiger partial charge in [-0.2, -0.15) is 0 Å². The largest absolute Gasteiger partial charge is 0.364 e. The van der Waals surface area contributed by atoms with E-state index in [1.165, 1.54) is 37.8 Å². The predicted molar refractivity (Wildman–Crippen MR) is 68.2 cm³/mol. The molecule has 1 aromatic heterocycles. The van der Waals surface area contributed by atoms with E-state index in [4.69, 9.17) is 0 Å². The van der Waals surface area contributed by atoms with Gasteiger partial charge in [0.1, 0.15) is 0 Å². The zero-order valence-electron chi connectivity index (χ0n) is 10.3. The zero-order chi connectivity index (χ0) is 11.2. The molecule has 1 saturated carbocycles. The van der Waals surface area contributed by atoms with Gasteiger partial charge in [-0.05, 0) is 43.4 Å². The molecule has 2 heteroatoms. The Bertz CT molecular complexity index is 279. The molecule has 0 radical (unpaired) electrons. The molecule has 1 aromatic rings. The van der Waals surface area contributed by atoms with Gasteiger partial charge in [0.05, 0.1) is 0 Å². The van der Waals surface area contributed by atoms with E-state index >= 15 is 0 Å². The summed E-state index contributed by atoms with van der Waals surface area (Å²) in [4.78, 5) is 3.22. The number of hydrogen-bond acceptors (Lipinski definition) is 1. The van der Waals surface area contributed by atoms with Gasteiger partial charge < -0.3 is 10.3 Å².